The molecular weight excluding hydrogens is 1580 g/mol. The van der Waals surface area contributed by atoms with Crippen LogP contribution in [0.2, 0.25) is 20.1 Å². The van der Waals surface area contributed by atoms with Gasteiger partial charge in [0.15, 0.2) is 0 Å². The van der Waals surface area contributed by atoms with E-state index in [-0.39, 0.29) is 88.7 Å². The minimum Gasteiger partial charge on any atom is -0.491 e. The van der Waals surface area contributed by atoms with Crippen LogP contribution in [0.15, 0.2) is 170 Å². The highest BCUT2D eigenvalue weighted by Crippen LogP contribution is 2.42. The number of hydrogen-bond acceptors (Lipinski definition) is 22. The van der Waals surface area contributed by atoms with Crippen LogP contribution >= 0.6 is 46.4 Å². The number of nitrogens with one attached hydrogen (secondary N) is 2. The molecule has 0 unspecified atom stereocenters. The average Bonchev–Trinajstić information content (AvgIpc) is 0.777. The Morgan fingerprint density at radius 2 is 0.701 bits per heavy atom. The van der Waals surface area contributed by atoms with E-state index in [1.165, 1.54) is 0 Å². The number of aliphatic hydroxyl groups excluding tert-OH is 4. The van der Waals surface area contributed by atoms with Crippen LogP contribution in [-0.4, -0.2) is 208 Å². The summed E-state index contributed by atoms with van der Waals surface area (Å²) in [6.07, 6.45) is -0.770. The van der Waals surface area contributed by atoms with E-state index >= 15 is 0 Å². The van der Waals surface area contributed by atoms with Gasteiger partial charge in [-0.15, -0.1) is 0 Å². The van der Waals surface area contributed by atoms with E-state index in [1.807, 2.05) is 126 Å². The summed E-state index contributed by atoms with van der Waals surface area (Å²) in [6, 6.07) is 52.4. The van der Waals surface area contributed by atoms with E-state index in [0.717, 1.165) is 84.3 Å². The summed E-state index contributed by atoms with van der Waals surface area (Å²) in [6.45, 7) is 19.2. The van der Waals surface area contributed by atoms with E-state index in [4.69, 9.17) is 112 Å². The highest BCUT2D eigenvalue weighted by molar-refractivity contribution is 6.34. The molecule has 8 aromatic carbocycles. The Balaban J connectivity index is 0.000000179. The lowest BCUT2D eigenvalue weighted by Gasteiger charge is -2.43. The number of nitrogens with two attached hydrogens (primary N) is 2. The molecule has 0 bridgehead atoms. The number of anilines is 4. The number of amides is 4. The number of aromatic carboxylic acids is 1. The first-order valence-corrected chi connectivity index (χ1v) is 39.7. The van der Waals surface area contributed by atoms with Gasteiger partial charge in [0.05, 0.1) is 111 Å². The normalized spacial score (nSPS) is 16.8. The number of benzene rings is 8. The first kappa shape index (κ1) is 90.4. The molecule has 4 amide bonds. The summed E-state index contributed by atoms with van der Waals surface area (Å²) in [7, 11) is 0. The van der Waals surface area contributed by atoms with Gasteiger partial charge in [-0.3, -0.25) is 9.59 Å². The van der Waals surface area contributed by atoms with Gasteiger partial charge in [0, 0.05) is 114 Å². The molecule has 4 heterocycles. The molecule has 0 aromatic heterocycles. The molecule has 4 aliphatic rings. The molecule has 0 radical (unpaired) electrons. The van der Waals surface area contributed by atoms with Gasteiger partial charge < -0.3 is 105 Å². The number of primary amides is 2. The topological polar surface area (TPSA) is 361 Å². The second kappa shape index (κ2) is 43.1. The van der Waals surface area contributed by atoms with Gasteiger partial charge in [-0.25, -0.2) is 14.4 Å². The van der Waals surface area contributed by atoms with Crippen molar-refractivity contribution in [2.45, 2.75) is 76.9 Å². The predicted octanol–water partition coefficient (Wildman–Crippen LogP) is 12.5. The van der Waals surface area contributed by atoms with E-state index in [1.54, 1.807) is 94.7 Å². The monoisotopic (exact) mass is 1680 g/mol. The number of rotatable bonds is 23. The average molecular weight is 1690 g/mol. The molecule has 4 aliphatic heterocycles. The molecule has 27 nitrogen and oxygen atoms in total. The van der Waals surface area contributed by atoms with Crippen LogP contribution in [-0.2, 0) is 9.47 Å². The Bertz CT molecular complexity index is 4510. The number of nitrogens with zero attached hydrogens (tertiary/aromatic N) is 7. The standard InChI is InChI=1S/C24H30ClN3O5.C24H29ClN2O6.C19H22ClN3O3.C19H20ClN3O2/c1-24(2,3)33-23(31)27-10-11-28(20-9-8-18(14-19(20)25)32-13-12-29)21(15-27)16-4-6-17(7-5-16)22(26)30;1-24(2,3)33-23(31)26-10-11-27(20-9-8-18(14-19(20)25)32-13-12-28)21(15-26)16-4-6-17(7-5-16)22(29)30;20-16-11-15(26-10-9-24)5-6-17(16)23-8-7-22-12-18(23)13-1-3-14(4-2-13)19(21)25;20-17-11-16(25-10-9-24)5-6-18(17)23-8-7-22-13-19(23)15-3-1-14(12-21)2-4-15/h4-9,14,21,29H,10-13,15H2,1-3H3,(H2,26,30);4-9,14,21,28H,10-13,15H2,1-3H3,(H,29,30);1-6,11,18,22,24H,7-10,12H2,(H2,21,25);1-6,11,19,22,24H,7-10,13H2/t2*21-;18-;19-/m0000/s1. The van der Waals surface area contributed by atoms with Crippen LogP contribution in [0, 0.1) is 11.3 Å². The second-order valence-electron chi connectivity index (χ2n) is 29.5. The third-order valence-corrected chi connectivity index (χ3v) is 20.2. The fourth-order valence-electron chi connectivity index (χ4n) is 13.5. The molecule has 31 heteroatoms. The molecule has 4 atom stereocenters. The first-order valence-electron chi connectivity index (χ1n) is 38.2. The first-order chi connectivity index (χ1) is 56.0. The number of aliphatic hydroxyl groups is 4. The Morgan fingerprint density at radius 3 is 0.966 bits per heavy atom. The molecule has 8 aromatic rings. The van der Waals surface area contributed by atoms with Gasteiger partial charge in [0.1, 0.15) is 60.6 Å². The fourth-order valence-corrected chi connectivity index (χ4v) is 14.7. The number of carbonyl (C=O) groups is 5. The molecule has 117 heavy (non-hydrogen) atoms. The highest BCUT2D eigenvalue weighted by Gasteiger charge is 2.37. The van der Waals surface area contributed by atoms with Gasteiger partial charge >= 0.3 is 18.2 Å². The third-order valence-electron chi connectivity index (χ3n) is 19.0. The smallest absolute Gasteiger partial charge is 0.410 e. The zero-order valence-electron chi connectivity index (χ0n) is 66.1. The van der Waals surface area contributed by atoms with Crippen molar-refractivity contribution in [1.29, 1.82) is 5.26 Å². The Hall–Kier alpha value is -10.5. The van der Waals surface area contributed by atoms with Crippen LogP contribution in [0.1, 0.15) is 125 Å². The molecule has 624 valence electrons. The number of halogens is 4. The summed E-state index contributed by atoms with van der Waals surface area (Å²) in [4.78, 5) is 71.6. The molecule has 12 rings (SSSR count). The molecule has 0 aliphatic carbocycles. The lowest BCUT2D eigenvalue weighted by molar-refractivity contribution is 0.0204. The molecule has 0 saturated carbocycles. The predicted molar refractivity (Wildman–Crippen MR) is 452 cm³/mol. The summed E-state index contributed by atoms with van der Waals surface area (Å²) in [5, 5.41) is 62.9. The van der Waals surface area contributed by atoms with Crippen LogP contribution in [0.25, 0.3) is 0 Å². The van der Waals surface area contributed by atoms with E-state index in [0.29, 0.717) is 99.0 Å². The number of carboxylic acid groups (broad SMARTS) is 1. The molecule has 0 spiro atoms. The fraction of sp³-hybridized carbons (Fsp3) is 0.372. The summed E-state index contributed by atoms with van der Waals surface area (Å²) in [5.41, 5.74) is 18.7. The Morgan fingerprint density at radius 1 is 0.419 bits per heavy atom. The van der Waals surface area contributed by atoms with Gasteiger partial charge in [-0.2, -0.15) is 5.26 Å². The van der Waals surface area contributed by atoms with Crippen molar-refractivity contribution in [2.75, 3.05) is 151 Å². The van der Waals surface area contributed by atoms with Gasteiger partial charge in [-0.1, -0.05) is 94.9 Å². The molecule has 4 fully saturated rings. The van der Waals surface area contributed by atoms with Crippen LogP contribution in [0.5, 0.6) is 23.0 Å². The van der Waals surface area contributed by atoms with Gasteiger partial charge in [-0.05, 0) is 161 Å². The molecular formula is C86H101Cl4N11O16. The maximum Gasteiger partial charge on any atom is 0.410 e. The van der Waals surface area contributed by atoms with E-state index in [9.17, 15) is 29.1 Å². The molecule has 11 N–H and O–H groups in total. The Kier molecular flexibility index (Phi) is 33.3. The van der Waals surface area contributed by atoms with E-state index in [2.05, 4.69) is 36.3 Å². The lowest BCUT2D eigenvalue weighted by Crippen LogP contribution is -2.51. The maximum atomic E-state index is 12.8. The third kappa shape index (κ3) is 25.8. The van der Waals surface area contributed by atoms with Crippen LogP contribution < -0.4 is 60.6 Å². The quantitative estimate of drug-likeness (QED) is 0.0287. The second-order valence-corrected chi connectivity index (χ2v) is 31.1. The number of nitriles is 1. The lowest BCUT2D eigenvalue weighted by atomic mass is 9.99. The largest absolute Gasteiger partial charge is 0.491 e. The van der Waals surface area contributed by atoms with Crippen molar-refractivity contribution in [2.24, 2.45) is 11.5 Å². The van der Waals surface area contributed by atoms with Crippen molar-refractivity contribution < 1.29 is 77.9 Å². The number of carboxylic acids is 1. The number of carbonyl (C=O) groups excluding carboxylic acids is 4. The van der Waals surface area contributed by atoms with Gasteiger partial charge in [0.2, 0.25) is 11.8 Å². The van der Waals surface area contributed by atoms with Crippen molar-refractivity contribution >= 4 is 99.1 Å². The number of piperazine rings is 4. The van der Waals surface area contributed by atoms with E-state index < -0.39 is 35.1 Å². The van der Waals surface area contributed by atoms with Crippen molar-refractivity contribution in [3.8, 4) is 29.1 Å². The number of hydrogen-bond donors (Lipinski definition) is 9. The van der Waals surface area contributed by atoms with Crippen molar-refractivity contribution in [3.63, 3.8) is 0 Å². The summed E-state index contributed by atoms with van der Waals surface area (Å²) in [5.74, 6) is 0.452. The number of ether oxygens (including phenoxy) is 6. The molecule has 4 saturated heterocycles. The summed E-state index contributed by atoms with van der Waals surface area (Å²) < 4.78 is 32.9. The zero-order valence-corrected chi connectivity index (χ0v) is 69.2. The Labute approximate surface area is 701 Å². The zero-order chi connectivity index (χ0) is 84.5. The highest BCUT2D eigenvalue weighted by atomic mass is 35.5. The minimum absolute atomic E-state index is 0.0298. The maximum absolute atomic E-state index is 12.8. The van der Waals surface area contributed by atoms with Crippen LogP contribution in [0.3, 0.4) is 0 Å². The summed E-state index contributed by atoms with van der Waals surface area (Å²) >= 11 is 26.2. The SMILES string of the molecule is CC(C)(C)OC(=O)N1CCN(c2ccc(OCCO)cc2Cl)[C@H](c2ccc(C(=O)O)cc2)C1.CC(C)(C)OC(=O)N1CCN(c2ccc(OCCO)cc2Cl)[C@H](c2ccc(C(N)=O)cc2)C1.N#Cc1ccc([C@@H]2CNCCN2c2ccc(OCCO)cc2Cl)cc1.NC(=O)c1ccc([C@@H]2CNCCN2c2ccc(OCCO)cc2Cl)cc1. The van der Waals surface area contributed by atoms with Crippen molar-refractivity contribution in [3.05, 3.63) is 234 Å². The van der Waals surface area contributed by atoms with Crippen molar-refractivity contribution in [1.82, 2.24) is 20.4 Å². The van der Waals surface area contributed by atoms with Gasteiger partial charge in [0.25, 0.3) is 0 Å². The van der Waals surface area contributed by atoms with Crippen LogP contribution in [0.4, 0.5) is 32.3 Å². The minimum atomic E-state index is -1.00.